The molecule has 1 saturated heterocycles. The molecule has 3 aromatic heterocycles. The van der Waals surface area contributed by atoms with E-state index in [0.29, 0.717) is 0 Å². The van der Waals surface area contributed by atoms with Crippen molar-refractivity contribution in [2.24, 2.45) is 0 Å². The fourth-order valence-corrected chi connectivity index (χ4v) is 4.25. The summed E-state index contributed by atoms with van der Waals surface area (Å²) in [6, 6.07) is 13.2. The molecule has 5 rings (SSSR count). The van der Waals surface area contributed by atoms with Crippen LogP contribution in [0.5, 0.6) is 0 Å². The maximum Gasteiger partial charge on any atom is 0.225 e. The number of rotatable bonds is 5. The summed E-state index contributed by atoms with van der Waals surface area (Å²) in [6.45, 7) is 8.06. The summed E-state index contributed by atoms with van der Waals surface area (Å²) >= 11 is 0. The Balaban J connectivity index is 1.24. The molecule has 0 aliphatic carbocycles. The number of fused-ring (bicyclic) bond motifs is 1. The van der Waals surface area contributed by atoms with Gasteiger partial charge in [0, 0.05) is 62.3 Å². The van der Waals surface area contributed by atoms with Gasteiger partial charge >= 0.3 is 0 Å². The Bertz CT molecular complexity index is 1160. The van der Waals surface area contributed by atoms with E-state index in [9.17, 15) is 0 Å². The third kappa shape index (κ3) is 3.98. The molecule has 0 N–H and O–H groups in total. The highest BCUT2D eigenvalue weighted by Gasteiger charge is 2.19. The smallest absolute Gasteiger partial charge is 0.225 e. The van der Waals surface area contributed by atoms with Crippen molar-refractivity contribution in [3.63, 3.8) is 0 Å². The van der Waals surface area contributed by atoms with Crippen LogP contribution in [-0.2, 0) is 6.42 Å². The molecule has 0 unspecified atom stereocenters. The van der Waals surface area contributed by atoms with E-state index in [-0.39, 0.29) is 0 Å². The Labute approximate surface area is 183 Å². The van der Waals surface area contributed by atoms with Gasteiger partial charge in [-0.2, -0.15) is 0 Å². The van der Waals surface area contributed by atoms with Gasteiger partial charge in [-0.05, 0) is 54.3 Å². The van der Waals surface area contributed by atoms with Crippen molar-refractivity contribution in [3.8, 4) is 11.1 Å². The zero-order chi connectivity index (χ0) is 21.2. The van der Waals surface area contributed by atoms with E-state index >= 15 is 0 Å². The molecule has 0 spiro atoms. The molecule has 1 aromatic carbocycles. The minimum absolute atomic E-state index is 0.847. The third-order valence-corrected chi connectivity index (χ3v) is 6.06. The molecule has 6 heteroatoms. The number of aryl methyl sites for hydroxylation is 2. The van der Waals surface area contributed by atoms with Crippen molar-refractivity contribution >= 4 is 17.3 Å². The van der Waals surface area contributed by atoms with E-state index in [0.717, 1.165) is 56.3 Å². The van der Waals surface area contributed by atoms with Gasteiger partial charge in [-0.15, -0.1) is 0 Å². The molecule has 1 aliphatic heterocycles. The molecule has 4 aromatic rings. The molecule has 158 valence electrons. The average molecular weight is 413 g/mol. The van der Waals surface area contributed by atoms with Gasteiger partial charge in [0.25, 0.3) is 0 Å². The molecule has 1 aliphatic rings. The van der Waals surface area contributed by atoms with Gasteiger partial charge in [0.15, 0.2) is 0 Å². The SMILES string of the molecule is CCCc1cnc(N2CCN(c3ccc(-c4ccn5c(C)cnc5c4)cc3)CC2)nc1. The van der Waals surface area contributed by atoms with Gasteiger partial charge in [0.2, 0.25) is 5.95 Å². The van der Waals surface area contributed by atoms with Gasteiger partial charge in [-0.25, -0.2) is 15.0 Å². The van der Waals surface area contributed by atoms with Crippen LogP contribution in [0.3, 0.4) is 0 Å². The Hall–Kier alpha value is -3.41. The molecule has 0 atom stereocenters. The maximum absolute atomic E-state index is 4.58. The second kappa shape index (κ2) is 8.38. The highest BCUT2D eigenvalue weighted by atomic mass is 15.3. The van der Waals surface area contributed by atoms with Crippen LogP contribution in [0.15, 0.2) is 61.2 Å². The summed E-state index contributed by atoms with van der Waals surface area (Å²) in [5, 5.41) is 0. The molecule has 6 nitrogen and oxygen atoms in total. The van der Waals surface area contributed by atoms with Crippen molar-refractivity contribution in [2.45, 2.75) is 26.7 Å². The quantitative estimate of drug-likeness (QED) is 0.487. The van der Waals surface area contributed by atoms with Crippen LogP contribution >= 0.6 is 0 Å². The fourth-order valence-electron chi connectivity index (χ4n) is 4.25. The van der Waals surface area contributed by atoms with Crippen molar-refractivity contribution in [1.29, 1.82) is 0 Å². The number of piperazine rings is 1. The Morgan fingerprint density at radius 2 is 1.52 bits per heavy atom. The van der Waals surface area contributed by atoms with Crippen LogP contribution in [0.25, 0.3) is 16.8 Å². The predicted molar refractivity (Wildman–Crippen MR) is 126 cm³/mol. The zero-order valence-electron chi connectivity index (χ0n) is 18.2. The first-order valence-corrected chi connectivity index (χ1v) is 11.1. The molecular weight excluding hydrogens is 384 g/mol. The number of aromatic nitrogens is 4. The summed E-state index contributed by atoms with van der Waals surface area (Å²) in [5.74, 6) is 0.847. The second-order valence-electron chi connectivity index (χ2n) is 8.21. The summed E-state index contributed by atoms with van der Waals surface area (Å²) < 4.78 is 2.11. The second-order valence-corrected chi connectivity index (χ2v) is 8.21. The number of hydrogen-bond acceptors (Lipinski definition) is 5. The lowest BCUT2D eigenvalue weighted by Crippen LogP contribution is -2.47. The number of pyridine rings is 1. The number of imidazole rings is 1. The normalized spacial score (nSPS) is 14.4. The van der Waals surface area contributed by atoms with Crippen molar-refractivity contribution in [2.75, 3.05) is 36.0 Å². The summed E-state index contributed by atoms with van der Waals surface area (Å²) in [7, 11) is 0. The van der Waals surface area contributed by atoms with Crippen molar-refractivity contribution < 1.29 is 0 Å². The molecule has 0 saturated carbocycles. The molecule has 4 heterocycles. The van der Waals surface area contributed by atoms with Gasteiger partial charge in [-0.3, -0.25) is 0 Å². The highest BCUT2D eigenvalue weighted by molar-refractivity contribution is 5.69. The summed E-state index contributed by atoms with van der Waals surface area (Å²) in [4.78, 5) is 18.4. The average Bonchev–Trinajstić information content (AvgIpc) is 3.20. The van der Waals surface area contributed by atoms with Crippen LogP contribution in [0.2, 0.25) is 0 Å². The third-order valence-electron chi connectivity index (χ3n) is 6.06. The first kappa shape index (κ1) is 19.5. The van der Waals surface area contributed by atoms with Crippen LogP contribution in [0.4, 0.5) is 11.6 Å². The van der Waals surface area contributed by atoms with E-state index < -0.39 is 0 Å². The monoisotopic (exact) mass is 412 g/mol. The molecule has 0 amide bonds. The number of hydrogen-bond donors (Lipinski definition) is 0. The highest BCUT2D eigenvalue weighted by Crippen LogP contribution is 2.25. The fraction of sp³-hybridized carbons (Fsp3) is 0.320. The lowest BCUT2D eigenvalue weighted by atomic mass is 10.1. The standard InChI is InChI=1S/C25H28N6/c1-3-4-20-17-27-25(28-18-20)30-13-11-29(12-14-30)23-7-5-21(6-8-23)22-9-10-31-19(2)16-26-24(31)15-22/h5-10,15-18H,3-4,11-14H2,1-2H3. The molecular formula is C25H28N6. The minimum Gasteiger partial charge on any atom is -0.368 e. The van der Waals surface area contributed by atoms with E-state index in [2.05, 4.69) is 85.6 Å². The number of anilines is 2. The molecule has 0 radical (unpaired) electrons. The van der Waals surface area contributed by atoms with E-state index in [1.807, 2.05) is 18.6 Å². The first-order valence-electron chi connectivity index (χ1n) is 11.1. The van der Waals surface area contributed by atoms with E-state index in [1.54, 1.807) is 0 Å². The van der Waals surface area contributed by atoms with Crippen LogP contribution < -0.4 is 9.80 Å². The number of benzene rings is 1. The van der Waals surface area contributed by atoms with Crippen molar-refractivity contribution in [1.82, 2.24) is 19.4 Å². The van der Waals surface area contributed by atoms with E-state index in [1.165, 1.54) is 22.4 Å². The predicted octanol–water partition coefficient (Wildman–Crippen LogP) is 4.38. The molecule has 0 bridgehead atoms. The molecule has 31 heavy (non-hydrogen) atoms. The minimum atomic E-state index is 0.847. The largest absolute Gasteiger partial charge is 0.368 e. The van der Waals surface area contributed by atoms with Gasteiger partial charge in [0.05, 0.1) is 0 Å². The summed E-state index contributed by atoms with van der Waals surface area (Å²) in [6.07, 6.45) is 10.1. The topological polar surface area (TPSA) is 49.6 Å². The zero-order valence-corrected chi connectivity index (χ0v) is 18.2. The Morgan fingerprint density at radius 1 is 0.806 bits per heavy atom. The van der Waals surface area contributed by atoms with Gasteiger partial charge in [-0.1, -0.05) is 25.5 Å². The number of nitrogens with zero attached hydrogens (tertiary/aromatic N) is 6. The first-order chi connectivity index (χ1) is 15.2. The Kier molecular flexibility index (Phi) is 5.28. The van der Waals surface area contributed by atoms with Gasteiger partial charge in [0.1, 0.15) is 5.65 Å². The van der Waals surface area contributed by atoms with Crippen LogP contribution in [-0.4, -0.2) is 45.5 Å². The lowest BCUT2D eigenvalue weighted by Gasteiger charge is -2.36. The van der Waals surface area contributed by atoms with Crippen LogP contribution in [0.1, 0.15) is 24.6 Å². The lowest BCUT2D eigenvalue weighted by molar-refractivity contribution is 0.639. The maximum atomic E-state index is 4.58. The van der Waals surface area contributed by atoms with Crippen LogP contribution in [0, 0.1) is 6.92 Å². The van der Waals surface area contributed by atoms with Gasteiger partial charge < -0.3 is 14.2 Å². The van der Waals surface area contributed by atoms with Crippen molar-refractivity contribution in [3.05, 3.63) is 72.4 Å². The van der Waals surface area contributed by atoms with E-state index in [4.69, 9.17) is 0 Å². The molecule has 1 fully saturated rings. The Morgan fingerprint density at radius 3 is 2.23 bits per heavy atom. The summed E-state index contributed by atoms with van der Waals surface area (Å²) in [5.41, 5.74) is 7.02.